The van der Waals surface area contributed by atoms with Gasteiger partial charge in [0.25, 0.3) is 5.91 Å². The number of hydrogen-bond acceptors (Lipinski definition) is 5. The fourth-order valence-electron chi connectivity index (χ4n) is 2.39. The molecule has 1 rings (SSSR count). The van der Waals surface area contributed by atoms with Crippen molar-refractivity contribution >= 4 is 34.8 Å². The van der Waals surface area contributed by atoms with Crippen molar-refractivity contribution < 1.29 is 9.90 Å². The zero-order valence-electron chi connectivity index (χ0n) is 16.7. The first-order valence-electron chi connectivity index (χ1n) is 8.97. The number of allylic oxidation sites excluding steroid dienone is 1. The molecule has 0 aliphatic rings. The summed E-state index contributed by atoms with van der Waals surface area (Å²) in [5, 5.41) is 16.1. The Morgan fingerprint density at radius 2 is 1.93 bits per heavy atom. The zero-order chi connectivity index (χ0) is 21.3. The minimum atomic E-state index is -0.370. The van der Waals surface area contributed by atoms with E-state index in [1.165, 1.54) is 7.05 Å². The van der Waals surface area contributed by atoms with Gasteiger partial charge in [0, 0.05) is 32.3 Å². The fraction of sp³-hybridized carbons (Fsp3) is 0.400. The highest BCUT2D eigenvalue weighted by molar-refractivity contribution is 6.45. The van der Waals surface area contributed by atoms with E-state index >= 15 is 0 Å². The van der Waals surface area contributed by atoms with Gasteiger partial charge in [-0.15, -0.1) is 0 Å². The monoisotopic (exact) mass is 426 g/mol. The lowest BCUT2D eigenvalue weighted by molar-refractivity contribution is -0.114. The number of nitrogens with one attached hydrogen (secondary N) is 2. The minimum Gasteiger partial charge on any atom is -0.402 e. The topological polar surface area (TPSA) is 99.7 Å². The number of hydrogen-bond donors (Lipinski definition) is 4. The molecule has 0 fully saturated rings. The van der Waals surface area contributed by atoms with Crippen LogP contribution >= 0.6 is 23.2 Å². The summed E-state index contributed by atoms with van der Waals surface area (Å²) < 4.78 is 0. The van der Waals surface area contributed by atoms with Crippen molar-refractivity contribution in [3.63, 3.8) is 0 Å². The molecule has 0 aliphatic heterocycles. The number of amides is 1. The van der Waals surface area contributed by atoms with Gasteiger partial charge < -0.3 is 21.5 Å². The van der Waals surface area contributed by atoms with Gasteiger partial charge in [0.1, 0.15) is 11.5 Å². The highest BCUT2D eigenvalue weighted by Crippen LogP contribution is 2.22. The quantitative estimate of drug-likeness (QED) is 0.453. The Bertz CT molecular complexity index is 801. The van der Waals surface area contributed by atoms with E-state index in [2.05, 4.69) is 15.6 Å². The highest BCUT2D eigenvalue weighted by atomic mass is 35.5. The number of nitrogens with zero attached hydrogens (tertiary/aromatic N) is 1. The molecule has 6 nitrogen and oxygen atoms in total. The summed E-state index contributed by atoms with van der Waals surface area (Å²) >= 11 is 12.0. The van der Waals surface area contributed by atoms with Crippen molar-refractivity contribution in [2.24, 2.45) is 10.7 Å². The fourth-order valence-corrected chi connectivity index (χ4v) is 2.71. The molecule has 1 aromatic rings. The summed E-state index contributed by atoms with van der Waals surface area (Å²) in [6, 6.07) is 5.37. The first kappa shape index (κ1) is 24.0. The second-order valence-corrected chi connectivity index (χ2v) is 7.08. The molecule has 0 atom stereocenters. The Balaban J connectivity index is 2.98. The standard InChI is InChI=1S/C20H28Cl2N4O2/c1-5-12(2)19(25-11-14-6-7-15(21)16(22)10-14)26-20(28)18(24-4)13(3)17(23)8-9-27/h6-7,10,25,27H,5,8-9,11,23H2,1-4H3,(H,26,28)/b17-13-,19-12?,24-18?. The molecule has 0 heterocycles. The number of benzene rings is 1. The number of aliphatic hydroxyl groups is 1. The Morgan fingerprint density at radius 1 is 1.25 bits per heavy atom. The lowest BCUT2D eigenvalue weighted by Crippen LogP contribution is -2.37. The molecule has 8 heteroatoms. The van der Waals surface area contributed by atoms with Crippen LogP contribution in [-0.4, -0.2) is 30.4 Å². The second kappa shape index (κ2) is 11.7. The maximum atomic E-state index is 12.8. The van der Waals surface area contributed by atoms with Crippen LogP contribution < -0.4 is 16.4 Å². The summed E-state index contributed by atoms with van der Waals surface area (Å²) in [6.07, 6.45) is 1.04. The SMILES string of the molecule is CCC(C)=C(NCc1ccc(Cl)c(Cl)c1)NC(=O)C(=NC)/C(C)=C(\N)CCO. The summed E-state index contributed by atoms with van der Waals surface area (Å²) in [7, 11) is 1.53. The molecule has 0 aromatic heterocycles. The molecule has 1 amide bonds. The molecule has 0 saturated carbocycles. The van der Waals surface area contributed by atoms with Crippen LogP contribution in [0.5, 0.6) is 0 Å². The molecule has 0 spiro atoms. The Hall–Kier alpha value is -2.02. The van der Waals surface area contributed by atoms with Gasteiger partial charge in [-0.3, -0.25) is 9.79 Å². The summed E-state index contributed by atoms with van der Waals surface area (Å²) in [6.45, 7) is 6.02. The summed E-state index contributed by atoms with van der Waals surface area (Å²) in [5.74, 6) is 0.235. The number of aliphatic hydroxyl groups excluding tert-OH is 1. The van der Waals surface area contributed by atoms with E-state index in [-0.39, 0.29) is 24.6 Å². The van der Waals surface area contributed by atoms with E-state index in [1.807, 2.05) is 19.9 Å². The van der Waals surface area contributed by atoms with Crippen molar-refractivity contribution in [3.05, 3.63) is 56.5 Å². The van der Waals surface area contributed by atoms with Gasteiger partial charge in [0.15, 0.2) is 0 Å². The predicted octanol–water partition coefficient (Wildman–Crippen LogP) is 3.53. The van der Waals surface area contributed by atoms with Crippen LogP contribution in [0.1, 0.15) is 39.2 Å². The third-order valence-corrected chi connectivity index (χ3v) is 5.04. The molecular formula is C20H28Cl2N4O2. The Labute approximate surface area is 176 Å². The average Bonchev–Trinajstić information content (AvgIpc) is 2.67. The first-order chi connectivity index (χ1) is 13.2. The average molecular weight is 427 g/mol. The van der Waals surface area contributed by atoms with Gasteiger partial charge in [-0.25, -0.2) is 0 Å². The van der Waals surface area contributed by atoms with Crippen molar-refractivity contribution in [3.8, 4) is 0 Å². The predicted molar refractivity (Wildman–Crippen MR) is 116 cm³/mol. The highest BCUT2D eigenvalue weighted by Gasteiger charge is 2.17. The van der Waals surface area contributed by atoms with E-state index in [0.717, 1.165) is 17.6 Å². The maximum Gasteiger partial charge on any atom is 0.275 e. The molecule has 0 aliphatic carbocycles. The van der Waals surface area contributed by atoms with E-state index < -0.39 is 0 Å². The smallest absolute Gasteiger partial charge is 0.275 e. The van der Waals surface area contributed by atoms with Crippen molar-refractivity contribution in [1.29, 1.82) is 0 Å². The lowest BCUT2D eigenvalue weighted by Gasteiger charge is -2.17. The van der Waals surface area contributed by atoms with Crippen LogP contribution in [0.3, 0.4) is 0 Å². The maximum absolute atomic E-state index is 12.8. The molecule has 28 heavy (non-hydrogen) atoms. The van der Waals surface area contributed by atoms with Crippen LogP contribution in [0, 0.1) is 0 Å². The van der Waals surface area contributed by atoms with Crippen LogP contribution in [0.15, 0.2) is 45.9 Å². The Morgan fingerprint density at radius 3 is 2.46 bits per heavy atom. The van der Waals surface area contributed by atoms with Gasteiger partial charge in [-0.1, -0.05) is 36.2 Å². The van der Waals surface area contributed by atoms with Crippen LogP contribution in [-0.2, 0) is 11.3 Å². The Kier molecular flexibility index (Phi) is 10.1. The lowest BCUT2D eigenvalue weighted by atomic mass is 10.1. The number of carbonyl (C=O) groups is 1. The molecule has 0 radical (unpaired) electrons. The third-order valence-electron chi connectivity index (χ3n) is 4.31. The van der Waals surface area contributed by atoms with Gasteiger partial charge in [0.05, 0.1) is 10.0 Å². The van der Waals surface area contributed by atoms with Crippen LogP contribution in [0.4, 0.5) is 0 Å². The number of rotatable bonds is 9. The van der Waals surface area contributed by atoms with E-state index in [4.69, 9.17) is 34.0 Å². The third kappa shape index (κ3) is 6.86. The summed E-state index contributed by atoms with van der Waals surface area (Å²) in [4.78, 5) is 16.8. The largest absolute Gasteiger partial charge is 0.402 e. The molecule has 0 saturated heterocycles. The molecule has 5 N–H and O–H groups in total. The number of carbonyl (C=O) groups excluding carboxylic acids is 1. The molecule has 0 unspecified atom stereocenters. The van der Waals surface area contributed by atoms with E-state index in [0.29, 0.717) is 33.7 Å². The summed E-state index contributed by atoms with van der Waals surface area (Å²) in [5.41, 5.74) is 9.04. The minimum absolute atomic E-state index is 0.0902. The first-order valence-corrected chi connectivity index (χ1v) is 9.72. The molecule has 1 aromatic carbocycles. The molecule has 154 valence electrons. The number of nitrogens with two attached hydrogens (primary N) is 1. The normalized spacial score (nSPS) is 13.6. The van der Waals surface area contributed by atoms with E-state index in [9.17, 15) is 4.79 Å². The van der Waals surface area contributed by atoms with Gasteiger partial charge >= 0.3 is 0 Å². The van der Waals surface area contributed by atoms with Crippen molar-refractivity contribution in [1.82, 2.24) is 10.6 Å². The number of halogens is 2. The van der Waals surface area contributed by atoms with Crippen molar-refractivity contribution in [2.75, 3.05) is 13.7 Å². The number of aliphatic imine (C=N–C) groups is 1. The van der Waals surface area contributed by atoms with Crippen LogP contribution in [0.25, 0.3) is 0 Å². The van der Waals surface area contributed by atoms with Gasteiger partial charge in [-0.05, 0) is 49.1 Å². The van der Waals surface area contributed by atoms with Crippen LogP contribution in [0.2, 0.25) is 10.0 Å². The molecule has 0 bridgehead atoms. The van der Waals surface area contributed by atoms with Gasteiger partial charge in [0.2, 0.25) is 0 Å². The van der Waals surface area contributed by atoms with E-state index in [1.54, 1.807) is 19.1 Å². The molecular weight excluding hydrogens is 399 g/mol. The van der Waals surface area contributed by atoms with Gasteiger partial charge in [-0.2, -0.15) is 0 Å². The zero-order valence-corrected chi connectivity index (χ0v) is 18.2. The van der Waals surface area contributed by atoms with Crippen molar-refractivity contribution in [2.45, 2.75) is 40.2 Å². The second-order valence-electron chi connectivity index (χ2n) is 6.26.